The topological polar surface area (TPSA) is 63.9 Å². The van der Waals surface area contributed by atoms with Crippen LogP contribution < -0.4 is 10.5 Å². The Balaban J connectivity index is 2.35. The maximum absolute atomic E-state index is 5.64. The number of nitrogen functional groups attached to an aromatic ring is 1. The molecule has 90 valence electrons. The molecule has 0 spiro atoms. The van der Waals surface area contributed by atoms with Crippen LogP contribution in [0.4, 0.5) is 5.95 Å². The van der Waals surface area contributed by atoms with E-state index in [0.29, 0.717) is 5.95 Å². The number of hydrogen-bond acceptors (Lipinski definition) is 3. The van der Waals surface area contributed by atoms with E-state index in [1.165, 1.54) is 5.56 Å². The van der Waals surface area contributed by atoms with Crippen LogP contribution in [0.3, 0.4) is 0 Å². The van der Waals surface area contributed by atoms with Crippen LogP contribution in [0.15, 0.2) is 18.2 Å². The van der Waals surface area contributed by atoms with Gasteiger partial charge in [-0.25, -0.2) is 4.98 Å². The molecule has 0 amide bonds. The van der Waals surface area contributed by atoms with Crippen LogP contribution in [-0.2, 0) is 6.42 Å². The lowest BCUT2D eigenvalue weighted by Crippen LogP contribution is -1.96. The largest absolute Gasteiger partial charge is 0.496 e. The summed E-state index contributed by atoms with van der Waals surface area (Å²) < 4.78 is 5.35. The van der Waals surface area contributed by atoms with Gasteiger partial charge in [0, 0.05) is 17.7 Å². The Kier molecular flexibility index (Phi) is 3.04. The third-order valence-electron chi connectivity index (χ3n) is 2.80. The fourth-order valence-electron chi connectivity index (χ4n) is 1.92. The molecule has 0 aliphatic heterocycles. The molecule has 0 aliphatic carbocycles. The maximum Gasteiger partial charge on any atom is 0.197 e. The van der Waals surface area contributed by atoms with Crippen molar-refractivity contribution < 1.29 is 4.74 Å². The minimum absolute atomic E-state index is 0.462. The number of nitrogens with two attached hydrogens (primary N) is 1. The minimum atomic E-state index is 0.462. The Morgan fingerprint density at radius 1 is 1.35 bits per heavy atom. The summed E-state index contributed by atoms with van der Waals surface area (Å²) in [6.07, 6.45) is 0.727. The summed E-state index contributed by atoms with van der Waals surface area (Å²) in [4.78, 5) is 7.28. The number of anilines is 1. The van der Waals surface area contributed by atoms with E-state index in [1.807, 2.05) is 19.1 Å². The number of aromatic nitrogens is 2. The zero-order chi connectivity index (χ0) is 12.4. The number of nitrogens with one attached hydrogen (secondary N) is 1. The molecule has 4 heteroatoms. The summed E-state index contributed by atoms with van der Waals surface area (Å²) in [5, 5.41) is 0. The van der Waals surface area contributed by atoms with E-state index < -0.39 is 0 Å². The van der Waals surface area contributed by atoms with Crippen LogP contribution >= 0.6 is 0 Å². The first-order valence-electron chi connectivity index (χ1n) is 5.54. The number of nitrogens with zero attached hydrogens (tertiary/aromatic N) is 1. The highest BCUT2D eigenvalue weighted by Crippen LogP contribution is 2.23. The molecule has 3 N–H and O–H groups in total. The molecule has 4 nitrogen and oxygen atoms in total. The fraction of sp³-hybridized carbons (Fsp3) is 0.308. The summed E-state index contributed by atoms with van der Waals surface area (Å²) in [5.74, 6) is 1.35. The second-order valence-corrected chi connectivity index (χ2v) is 4.19. The number of aromatic amines is 1. The van der Waals surface area contributed by atoms with Gasteiger partial charge in [-0.15, -0.1) is 0 Å². The lowest BCUT2D eigenvalue weighted by atomic mass is 10.0. The molecule has 1 aromatic carbocycles. The van der Waals surface area contributed by atoms with E-state index >= 15 is 0 Å². The Hall–Kier alpha value is -1.97. The van der Waals surface area contributed by atoms with Gasteiger partial charge >= 0.3 is 0 Å². The zero-order valence-corrected chi connectivity index (χ0v) is 10.4. The van der Waals surface area contributed by atoms with Gasteiger partial charge in [0.05, 0.1) is 12.8 Å². The van der Waals surface area contributed by atoms with Crippen molar-refractivity contribution in [1.82, 2.24) is 9.97 Å². The Morgan fingerprint density at radius 2 is 2.12 bits per heavy atom. The molecule has 0 saturated carbocycles. The van der Waals surface area contributed by atoms with Crippen molar-refractivity contribution in [1.29, 1.82) is 0 Å². The van der Waals surface area contributed by atoms with Gasteiger partial charge in [0.25, 0.3) is 0 Å². The molecule has 1 aromatic heterocycles. The van der Waals surface area contributed by atoms with E-state index in [1.54, 1.807) is 7.11 Å². The van der Waals surface area contributed by atoms with Crippen molar-refractivity contribution in [3.05, 3.63) is 40.7 Å². The van der Waals surface area contributed by atoms with Crippen LogP contribution in [0.1, 0.15) is 22.5 Å². The predicted octanol–water partition coefficient (Wildman–Crippen LogP) is 2.21. The molecule has 0 atom stereocenters. The number of rotatable bonds is 3. The highest BCUT2D eigenvalue weighted by molar-refractivity contribution is 5.40. The molecule has 17 heavy (non-hydrogen) atoms. The smallest absolute Gasteiger partial charge is 0.197 e. The predicted molar refractivity (Wildman–Crippen MR) is 68.3 cm³/mol. The van der Waals surface area contributed by atoms with Gasteiger partial charge < -0.3 is 15.5 Å². The molecule has 0 radical (unpaired) electrons. The molecule has 0 fully saturated rings. The average Bonchev–Trinajstić information content (AvgIpc) is 2.58. The van der Waals surface area contributed by atoms with Crippen molar-refractivity contribution in [2.45, 2.75) is 20.3 Å². The van der Waals surface area contributed by atoms with Crippen molar-refractivity contribution in [2.24, 2.45) is 0 Å². The molecular formula is C13H17N3O. The number of imidazole rings is 1. The summed E-state index contributed by atoms with van der Waals surface area (Å²) >= 11 is 0. The molecular weight excluding hydrogens is 214 g/mol. The van der Waals surface area contributed by atoms with Crippen LogP contribution in [0, 0.1) is 13.8 Å². The molecule has 0 aliphatic rings. The van der Waals surface area contributed by atoms with Crippen molar-refractivity contribution >= 4 is 5.95 Å². The van der Waals surface area contributed by atoms with Gasteiger partial charge in [0.15, 0.2) is 5.95 Å². The first kappa shape index (κ1) is 11.5. The van der Waals surface area contributed by atoms with Gasteiger partial charge in [0.1, 0.15) is 5.75 Å². The molecule has 0 bridgehead atoms. The fourth-order valence-corrected chi connectivity index (χ4v) is 1.92. The second-order valence-electron chi connectivity index (χ2n) is 4.19. The summed E-state index contributed by atoms with van der Waals surface area (Å²) in [6.45, 7) is 4.04. The van der Waals surface area contributed by atoms with Crippen LogP contribution in [0.5, 0.6) is 5.75 Å². The van der Waals surface area contributed by atoms with E-state index in [-0.39, 0.29) is 0 Å². The number of hydrogen-bond donors (Lipinski definition) is 2. The van der Waals surface area contributed by atoms with E-state index in [2.05, 4.69) is 23.0 Å². The van der Waals surface area contributed by atoms with Crippen LogP contribution in [0.2, 0.25) is 0 Å². The van der Waals surface area contributed by atoms with Crippen LogP contribution in [0.25, 0.3) is 0 Å². The molecule has 2 rings (SSSR count). The SMILES string of the molecule is COc1ccc(C)cc1Cc1nc(N)[nH]c1C. The number of benzene rings is 1. The number of H-pyrrole nitrogens is 1. The molecule has 2 aromatic rings. The number of aryl methyl sites for hydroxylation is 2. The quantitative estimate of drug-likeness (QED) is 0.851. The normalized spacial score (nSPS) is 10.5. The second kappa shape index (κ2) is 4.49. The zero-order valence-electron chi connectivity index (χ0n) is 10.4. The third kappa shape index (κ3) is 2.41. The molecule has 0 unspecified atom stereocenters. The lowest BCUT2D eigenvalue weighted by molar-refractivity contribution is 0.410. The highest BCUT2D eigenvalue weighted by atomic mass is 16.5. The number of methoxy groups -OCH3 is 1. The van der Waals surface area contributed by atoms with Gasteiger partial charge in [-0.2, -0.15) is 0 Å². The van der Waals surface area contributed by atoms with Gasteiger partial charge in [-0.1, -0.05) is 17.7 Å². The van der Waals surface area contributed by atoms with E-state index in [0.717, 1.165) is 29.1 Å². The number of ether oxygens (including phenoxy) is 1. The first-order chi connectivity index (χ1) is 8.10. The monoisotopic (exact) mass is 231 g/mol. The molecule has 1 heterocycles. The van der Waals surface area contributed by atoms with Crippen molar-refractivity contribution in [3.63, 3.8) is 0 Å². The Labute approximate surface area is 101 Å². The van der Waals surface area contributed by atoms with Gasteiger partial charge in [-0.3, -0.25) is 0 Å². The van der Waals surface area contributed by atoms with Crippen molar-refractivity contribution in [3.8, 4) is 5.75 Å². The van der Waals surface area contributed by atoms with E-state index in [9.17, 15) is 0 Å². The standard InChI is InChI=1S/C13H17N3O/c1-8-4-5-12(17-3)10(6-8)7-11-9(2)15-13(14)16-11/h4-6H,7H2,1-3H3,(H3,14,15,16). The Bertz CT molecular complexity index is 531. The lowest BCUT2D eigenvalue weighted by Gasteiger charge is -2.08. The van der Waals surface area contributed by atoms with Crippen LogP contribution in [-0.4, -0.2) is 17.1 Å². The van der Waals surface area contributed by atoms with Gasteiger partial charge in [0.2, 0.25) is 0 Å². The summed E-state index contributed by atoms with van der Waals surface area (Å²) in [5.41, 5.74) is 9.94. The average molecular weight is 231 g/mol. The van der Waals surface area contributed by atoms with Crippen molar-refractivity contribution in [2.75, 3.05) is 12.8 Å². The maximum atomic E-state index is 5.64. The summed E-state index contributed by atoms with van der Waals surface area (Å²) in [7, 11) is 1.68. The molecule has 0 saturated heterocycles. The van der Waals surface area contributed by atoms with Gasteiger partial charge in [-0.05, 0) is 19.9 Å². The highest BCUT2D eigenvalue weighted by Gasteiger charge is 2.09. The summed E-state index contributed by atoms with van der Waals surface area (Å²) in [6, 6.07) is 6.13. The minimum Gasteiger partial charge on any atom is -0.496 e. The first-order valence-corrected chi connectivity index (χ1v) is 5.54. The Morgan fingerprint density at radius 3 is 2.71 bits per heavy atom. The van der Waals surface area contributed by atoms with E-state index in [4.69, 9.17) is 10.5 Å². The third-order valence-corrected chi connectivity index (χ3v) is 2.80.